The molecule has 0 saturated carbocycles. The summed E-state index contributed by atoms with van der Waals surface area (Å²) in [6.45, 7) is 0.940. The van der Waals surface area contributed by atoms with Gasteiger partial charge in [-0.05, 0) is 54.3 Å². The van der Waals surface area contributed by atoms with Crippen LogP contribution >= 0.6 is 11.8 Å². The lowest BCUT2D eigenvalue weighted by Crippen LogP contribution is -2.29. The zero-order valence-corrected chi connectivity index (χ0v) is 15.2. The number of halogens is 1. The lowest BCUT2D eigenvalue weighted by Gasteiger charge is -2.12. The maximum atomic E-state index is 13.3. The van der Waals surface area contributed by atoms with Crippen molar-refractivity contribution in [1.82, 2.24) is 9.88 Å². The topological polar surface area (TPSA) is 46.1 Å². The van der Waals surface area contributed by atoms with E-state index in [0.29, 0.717) is 13.1 Å². The molecule has 0 aliphatic carbocycles. The first kappa shape index (κ1) is 18.1. The highest BCUT2D eigenvalue weighted by atomic mass is 32.2. The van der Waals surface area contributed by atoms with Crippen LogP contribution in [0, 0.1) is 5.82 Å². The highest BCUT2D eigenvalue weighted by Crippen LogP contribution is 2.18. The molecule has 4 nitrogen and oxygen atoms in total. The molecule has 1 heterocycles. The van der Waals surface area contributed by atoms with E-state index in [1.165, 1.54) is 12.1 Å². The zero-order valence-electron chi connectivity index (χ0n) is 14.4. The zero-order chi connectivity index (χ0) is 18.4. The van der Waals surface area contributed by atoms with Gasteiger partial charge in [0.15, 0.2) is 0 Å². The Hall–Kier alpha value is -2.73. The van der Waals surface area contributed by atoms with Gasteiger partial charge in [0.05, 0.1) is 6.54 Å². The van der Waals surface area contributed by atoms with Gasteiger partial charge >= 0.3 is 6.03 Å². The van der Waals surface area contributed by atoms with E-state index in [9.17, 15) is 9.18 Å². The third-order valence-electron chi connectivity index (χ3n) is 3.92. The van der Waals surface area contributed by atoms with Gasteiger partial charge in [-0.15, -0.1) is 11.8 Å². The molecule has 0 unspecified atom stereocenters. The molecule has 0 radical (unpaired) electrons. The first-order valence-corrected chi connectivity index (χ1v) is 9.44. The Bertz CT molecular complexity index is 894. The second kappa shape index (κ2) is 8.58. The average molecular weight is 369 g/mol. The molecular weight excluding hydrogens is 349 g/mol. The van der Waals surface area contributed by atoms with Crippen molar-refractivity contribution in [1.29, 1.82) is 0 Å². The Kier molecular flexibility index (Phi) is 5.96. The predicted octanol–water partition coefficient (Wildman–Crippen LogP) is 4.72. The van der Waals surface area contributed by atoms with Gasteiger partial charge in [-0.1, -0.05) is 18.2 Å². The summed E-state index contributed by atoms with van der Waals surface area (Å²) in [5.74, 6) is -0.249. The Morgan fingerprint density at radius 2 is 1.96 bits per heavy atom. The number of nitrogens with one attached hydrogen (secondary N) is 2. The standard InChI is InChI=1S/C20H20FN3OS/c1-26-19-9-3-7-17(12-19)23-20(25)22-13-18-8-4-10-24(18)14-15-5-2-6-16(21)11-15/h2-12H,13-14H2,1H3,(H2,22,23,25). The smallest absolute Gasteiger partial charge is 0.319 e. The number of aromatic nitrogens is 1. The fraction of sp³-hybridized carbons (Fsp3) is 0.150. The molecule has 1 aromatic heterocycles. The van der Waals surface area contributed by atoms with Crippen LogP contribution in [0.3, 0.4) is 0 Å². The molecule has 0 bridgehead atoms. The molecule has 0 fully saturated rings. The first-order chi connectivity index (χ1) is 12.6. The van der Waals surface area contributed by atoms with Crippen LogP contribution in [0.4, 0.5) is 14.9 Å². The van der Waals surface area contributed by atoms with E-state index in [1.807, 2.05) is 59.5 Å². The van der Waals surface area contributed by atoms with Crippen LogP contribution in [-0.2, 0) is 13.1 Å². The number of amides is 2. The van der Waals surface area contributed by atoms with Crippen molar-refractivity contribution in [2.75, 3.05) is 11.6 Å². The summed E-state index contributed by atoms with van der Waals surface area (Å²) < 4.78 is 15.3. The molecular formula is C20H20FN3OS. The highest BCUT2D eigenvalue weighted by molar-refractivity contribution is 7.98. The number of nitrogens with zero attached hydrogens (tertiary/aromatic N) is 1. The van der Waals surface area contributed by atoms with E-state index >= 15 is 0 Å². The van der Waals surface area contributed by atoms with Gasteiger partial charge in [0, 0.05) is 29.0 Å². The van der Waals surface area contributed by atoms with Crippen molar-refractivity contribution in [2.45, 2.75) is 18.0 Å². The van der Waals surface area contributed by atoms with E-state index in [2.05, 4.69) is 10.6 Å². The van der Waals surface area contributed by atoms with Gasteiger partial charge in [0.2, 0.25) is 0 Å². The fourth-order valence-electron chi connectivity index (χ4n) is 2.64. The number of thioether (sulfide) groups is 1. The molecule has 134 valence electrons. The number of hydrogen-bond donors (Lipinski definition) is 2. The van der Waals surface area contributed by atoms with Gasteiger partial charge in [0.1, 0.15) is 5.82 Å². The molecule has 26 heavy (non-hydrogen) atoms. The monoisotopic (exact) mass is 369 g/mol. The summed E-state index contributed by atoms with van der Waals surface area (Å²) in [6, 6.07) is 17.8. The Balaban J connectivity index is 1.58. The average Bonchev–Trinajstić information content (AvgIpc) is 3.07. The Morgan fingerprint density at radius 3 is 2.77 bits per heavy atom. The number of urea groups is 1. The van der Waals surface area contributed by atoms with Crippen molar-refractivity contribution in [3.05, 3.63) is 83.9 Å². The van der Waals surface area contributed by atoms with Gasteiger partial charge in [-0.3, -0.25) is 0 Å². The number of rotatable bonds is 6. The van der Waals surface area contributed by atoms with Crippen LogP contribution in [0.25, 0.3) is 0 Å². The van der Waals surface area contributed by atoms with Crippen molar-refractivity contribution in [3.63, 3.8) is 0 Å². The van der Waals surface area contributed by atoms with Crippen LogP contribution in [0.5, 0.6) is 0 Å². The summed E-state index contributed by atoms with van der Waals surface area (Å²) in [4.78, 5) is 13.2. The minimum absolute atomic E-state index is 0.249. The second-order valence-corrected chi connectivity index (χ2v) is 6.68. The summed E-state index contributed by atoms with van der Waals surface area (Å²) in [5.41, 5.74) is 2.58. The molecule has 0 saturated heterocycles. The fourth-order valence-corrected chi connectivity index (χ4v) is 3.10. The molecule has 2 amide bonds. The van der Waals surface area contributed by atoms with Crippen molar-refractivity contribution in [3.8, 4) is 0 Å². The minimum Gasteiger partial charge on any atom is -0.345 e. The number of anilines is 1. The molecule has 3 rings (SSSR count). The third kappa shape index (κ3) is 4.89. The van der Waals surface area contributed by atoms with Crippen molar-refractivity contribution >= 4 is 23.5 Å². The van der Waals surface area contributed by atoms with Crippen LogP contribution in [-0.4, -0.2) is 16.9 Å². The lowest BCUT2D eigenvalue weighted by atomic mass is 10.2. The largest absolute Gasteiger partial charge is 0.345 e. The summed E-state index contributed by atoms with van der Waals surface area (Å²) in [5, 5.41) is 5.69. The maximum Gasteiger partial charge on any atom is 0.319 e. The van der Waals surface area contributed by atoms with Gasteiger partial charge < -0.3 is 15.2 Å². The third-order valence-corrected chi connectivity index (χ3v) is 4.65. The summed E-state index contributed by atoms with van der Waals surface area (Å²) >= 11 is 1.62. The molecule has 0 atom stereocenters. The van der Waals surface area contributed by atoms with Gasteiger partial charge in [0.25, 0.3) is 0 Å². The number of hydrogen-bond acceptors (Lipinski definition) is 2. The normalized spacial score (nSPS) is 10.5. The Morgan fingerprint density at radius 1 is 1.12 bits per heavy atom. The van der Waals surface area contributed by atoms with E-state index in [-0.39, 0.29) is 11.8 Å². The number of carbonyl (C=O) groups is 1. The van der Waals surface area contributed by atoms with Crippen molar-refractivity contribution < 1.29 is 9.18 Å². The first-order valence-electron chi connectivity index (χ1n) is 8.21. The van der Waals surface area contributed by atoms with E-state index in [1.54, 1.807) is 17.8 Å². The van der Waals surface area contributed by atoms with Gasteiger partial charge in [-0.2, -0.15) is 0 Å². The summed E-state index contributed by atoms with van der Waals surface area (Å²) in [6.07, 6.45) is 3.91. The summed E-state index contributed by atoms with van der Waals surface area (Å²) in [7, 11) is 0. The molecule has 6 heteroatoms. The van der Waals surface area contributed by atoms with Crippen LogP contribution in [0.15, 0.2) is 71.8 Å². The molecule has 0 aliphatic heterocycles. The Labute approximate surface area is 156 Å². The minimum atomic E-state index is -0.262. The molecule has 0 aliphatic rings. The van der Waals surface area contributed by atoms with Crippen molar-refractivity contribution in [2.24, 2.45) is 0 Å². The molecule has 0 spiro atoms. The second-order valence-electron chi connectivity index (χ2n) is 5.80. The molecule has 2 N–H and O–H groups in total. The molecule has 2 aromatic carbocycles. The number of carbonyl (C=O) groups excluding carboxylic acids is 1. The molecule has 3 aromatic rings. The van der Waals surface area contributed by atoms with Crippen LogP contribution in [0.1, 0.15) is 11.3 Å². The van der Waals surface area contributed by atoms with Crippen LogP contribution < -0.4 is 10.6 Å². The lowest BCUT2D eigenvalue weighted by molar-refractivity contribution is 0.251. The maximum absolute atomic E-state index is 13.3. The van der Waals surface area contributed by atoms with Crippen LogP contribution in [0.2, 0.25) is 0 Å². The highest BCUT2D eigenvalue weighted by Gasteiger charge is 2.06. The number of benzene rings is 2. The van der Waals surface area contributed by atoms with Gasteiger partial charge in [-0.25, -0.2) is 9.18 Å². The predicted molar refractivity (Wildman–Crippen MR) is 104 cm³/mol. The SMILES string of the molecule is CSc1cccc(NC(=O)NCc2cccn2Cc2cccc(F)c2)c1. The van der Waals surface area contributed by atoms with E-state index in [4.69, 9.17) is 0 Å². The quantitative estimate of drug-likeness (QED) is 0.618. The van der Waals surface area contributed by atoms with E-state index < -0.39 is 0 Å². The van der Waals surface area contributed by atoms with E-state index in [0.717, 1.165) is 21.8 Å².